The molecule has 4 nitrogen and oxygen atoms in total. The van der Waals surface area contributed by atoms with Gasteiger partial charge >= 0.3 is 5.97 Å². The van der Waals surface area contributed by atoms with Crippen LogP contribution < -0.4 is 5.32 Å². The number of hydrogen-bond acceptors (Lipinski definition) is 2. The van der Waals surface area contributed by atoms with Crippen LogP contribution in [0.5, 0.6) is 0 Å². The van der Waals surface area contributed by atoms with Gasteiger partial charge in [0.1, 0.15) is 6.04 Å². The fourth-order valence-corrected chi connectivity index (χ4v) is 2.17. The van der Waals surface area contributed by atoms with Gasteiger partial charge in [-0.2, -0.15) is 0 Å². The molecule has 1 atom stereocenters. The number of amides is 1. The normalized spacial score (nSPS) is 12.2. The lowest BCUT2D eigenvalue weighted by Crippen LogP contribution is -2.42. The molecule has 0 radical (unpaired) electrons. The Kier molecular flexibility index (Phi) is 6.02. The molecule has 0 aliphatic rings. The summed E-state index contributed by atoms with van der Waals surface area (Å²) in [6.07, 6.45) is 0.612. The fraction of sp³-hybridized carbons (Fsp3) is 0.429. The Bertz CT molecular complexity index is 460. The predicted octanol–water partition coefficient (Wildman–Crippen LogP) is 2.61. The lowest BCUT2D eigenvalue weighted by atomic mass is 10.0. The van der Waals surface area contributed by atoms with E-state index in [2.05, 4.69) is 21.2 Å². The number of halogens is 1. The van der Waals surface area contributed by atoms with Gasteiger partial charge in [0, 0.05) is 17.3 Å². The van der Waals surface area contributed by atoms with E-state index in [1.807, 2.05) is 38.1 Å². The number of carboxylic acids is 1. The zero-order chi connectivity index (χ0) is 14.4. The number of nitrogens with one attached hydrogen (secondary N) is 1. The van der Waals surface area contributed by atoms with Crippen LogP contribution in [0.15, 0.2) is 28.7 Å². The number of rotatable bonds is 6. The molecule has 0 unspecified atom stereocenters. The van der Waals surface area contributed by atoms with Crippen molar-refractivity contribution in [3.8, 4) is 0 Å². The van der Waals surface area contributed by atoms with E-state index in [0.717, 1.165) is 10.0 Å². The summed E-state index contributed by atoms with van der Waals surface area (Å²) in [4.78, 5) is 22.8. The molecule has 0 fully saturated rings. The highest BCUT2D eigenvalue weighted by Crippen LogP contribution is 2.13. The van der Waals surface area contributed by atoms with Gasteiger partial charge in [0.15, 0.2) is 0 Å². The van der Waals surface area contributed by atoms with Crippen LogP contribution in [0.25, 0.3) is 0 Å². The second kappa shape index (κ2) is 7.28. The maximum atomic E-state index is 11.6. The zero-order valence-corrected chi connectivity index (χ0v) is 12.6. The van der Waals surface area contributed by atoms with Gasteiger partial charge < -0.3 is 10.4 Å². The Morgan fingerprint density at radius 2 is 2.05 bits per heavy atom. The number of hydrogen-bond donors (Lipinski definition) is 2. The number of carbonyl (C=O) groups excluding carboxylic acids is 1. The molecule has 0 bridgehead atoms. The van der Waals surface area contributed by atoms with Crippen LogP contribution in [0.4, 0.5) is 0 Å². The quantitative estimate of drug-likeness (QED) is 0.844. The minimum Gasteiger partial charge on any atom is -0.480 e. The summed E-state index contributed by atoms with van der Waals surface area (Å²) >= 11 is 3.34. The topological polar surface area (TPSA) is 66.4 Å². The Morgan fingerprint density at radius 1 is 1.37 bits per heavy atom. The minimum atomic E-state index is -1.02. The highest BCUT2D eigenvalue weighted by atomic mass is 79.9. The van der Waals surface area contributed by atoms with Crippen LogP contribution in [0.2, 0.25) is 0 Å². The van der Waals surface area contributed by atoms with Gasteiger partial charge in [-0.25, -0.2) is 4.79 Å². The van der Waals surface area contributed by atoms with Crippen molar-refractivity contribution in [2.75, 3.05) is 0 Å². The average Bonchev–Trinajstić information content (AvgIpc) is 2.26. The van der Waals surface area contributed by atoms with E-state index in [4.69, 9.17) is 5.11 Å². The van der Waals surface area contributed by atoms with Crippen molar-refractivity contribution in [2.45, 2.75) is 32.7 Å². The molecule has 0 spiro atoms. The highest BCUT2D eigenvalue weighted by molar-refractivity contribution is 9.10. The molecule has 1 aromatic carbocycles. The van der Waals surface area contributed by atoms with E-state index >= 15 is 0 Å². The lowest BCUT2D eigenvalue weighted by molar-refractivity contribution is -0.141. The summed E-state index contributed by atoms with van der Waals surface area (Å²) < 4.78 is 0.891. The van der Waals surface area contributed by atoms with Crippen LogP contribution in [0.3, 0.4) is 0 Å². The number of benzene rings is 1. The van der Waals surface area contributed by atoms with Gasteiger partial charge in [0.2, 0.25) is 5.91 Å². The number of aliphatic carboxylic acids is 1. The monoisotopic (exact) mass is 327 g/mol. The summed E-state index contributed by atoms with van der Waals surface area (Å²) in [5.74, 6) is -1.03. The molecule has 0 aliphatic carbocycles. The lowest BCUT2D eigenvalue weighted by Gasteiger charge is -2.15. The molecule has 0 heterocycles. The summed E-state index contributed by atoms with van der Waals surface area (Å²) in [6, 6.07) is 6.52. The van der Waals surface area contributed by atoms with Crippen LogP contribution in [0, 0.1) is 5.92 Å². The van der Waals surface area contributed by atoms with Gasteiger partial charge in [-0.15, -0.1) is 0 Å². The molecule has 2 N–H and O–H groups in total. The molecule has 0 aromatic heterocycles. The smallest absolute Gasteiger partial charge is 0.326 e. The molecule has 0 aliphatic heterocycles. The first-order valence-electron chi connectivity index (χ1n) is 6.15. The largest absolute Gasteiger partial charge is 0.480 e. The molecule has 104 valence electrons. The van der Waals surface area contributed by atoms with Crippen LogP contribution in [-0.2, 0) is 16.0 Å². The Labute approximate surface area is 121 Å². The van der Waals surface area contributed by atoms with E-state index in [1.165, 1.54) is 0 Å². The summed E-state index contributed by atoms with van der Waals surface area (Å²) in [6.45, 7) is 3.84. The summed E-state index contributed by atoms with van der Waals surface area (Å²) in [5, 5.41) is 11.7. The molecule has 5 heteroatoms. The molecule has 1 rings (SSSR count). The third-order valence-electron chi connectivity index (χ3n) is 2.56. The SMILES string of the molecule is CC(C)CC(=O)N[C@H](Cc1cccc(Br)c1)C(=O)O. The molecule has 19 heavy (non-hydrogen) atoms. The zero-order valence-electron chi connectivity index (χ0n) is 11.0. The molecule has 0 saturated carbocycles. The predicted molar refractivity (Wildman–Crippen MR) is 76.9 cm³/mol. The van der Waals surface area contributed by atoms with Crippen molar-refractivity contribution in [3.05, 3.63) is 34.3 Å². The minimum absolute atomic E-state index is 0.209. The Hall–Kier alpha value is -1.36. The summed E-state index contributed by atoms with van der Waals surface area (Å²) in [7, 11) is 0. The van der Waals surface area contributed by atoms with Crippen molar-refractivity contribution >= 4 is 27.8 Å². The third-order valence-corrected chi connectivity index (χ3v) is 3.05. The first kappa shape index (κ1) is 15.7. The van der Waals surface area contributed by atoms with Crippen molar-refractivity contribution < 1.29 is 14.7 Å². The van der Waals surface area contributed by atoms with Crippen molar-refractivity contribution in [3.63, 3.8) is 0 Å². The average molecular weight is 328 g/mol. The van der Waals surface area contributed by atoms with Gasteiger partial charge in [-0.3, -0.25) is 4.79 Å². The van der Waals surface area contributed by atoms with Gasteiger partial charge in [-0.1, -0.05) is 41.9 Å². The van der Waals surface area contributed by atoms with E-state index in [1.54, 1.807) is 0 Å². The molecule has 0 saturated heterocycles. The maximum Gasteiger partial charge on any atom is 0.326 e. The van der Waals surface area contributed by atoms with E-state index in [-0.39, 0.29) is 18.2 Å². The second-order valence-electron chi connectivity index (χ2n) is 4.89. The van der Waals surface area contributed by atoms with Crippen LogP contribution >= 0.6 is 15.9 Å². The van der Waals surface area contributed by atoms with Crippen LogP contribution in [-0.4, -0.2) is 23.0 Å². The van der Waals surface area contributed by atoms with E-state index in [0.29, 0.717) is 6.42 Å². The summed E-state index contributed by atoms with van der Waals surface area (Å²) in [5.41, 5.74) is 0.867. The fourth-order valence-electron chi connectivity index (χ4n) is 1.72. The standard InChI is InChI=1S/C14H18BrNO3/c1-9(2)6-13(17)16-12(14(18)19)8-10-4-3-5-11(15)7-10/h3-5,7,9,12H,6,8H2,1-2H3,(H,16,17)(H,18,19)/t12-/m1/s1. The van der Waals surface area contributed by atoms with Crippen molar-refractivity contribution in [1.29, 1.82) is 0 Å². The number of carboxylic acid groups (broad SMARTS) is 1. The molecular weight excluding hydrogens is 310 g/mol. The van der Waals surface area contributed by atoms with Gasteiger partial charge in [0.05, 0.1) is 0 Å². The van der Waals surface area contributed by atoms with Gasteiger partial charge in [0.25, 0.3) is 0 Å². The molecule has 1 amide bonds. The maximum absolute atomic E-state index is 11.6. The van der Waals surface area contributed by atoms with Crippen molar-refractivity contribution in [2.24, 2.45) is 5.92 Å². The third kappa shape index (κ3) is 5.87. The van der Waals surface area contributed by atoms with Crippen LogP contribution in [0.1, 0.15) is 25.8 Å². The van der Waals surface area contributed by atoms with Crippen molar-refractivity contribution in [1.82, 2.24) is 5.32 Å². The molecular formula is C14H18BrNO3. The second-order valence-corrected chi connectivity index (χ2v) is 5.81. The van der Waals surface area contributed by atoms with Gasteiger partial charge in [-0.05, 0) is 23.6 Å². The Balaban J connectivity index is 2.68. The Morgan fingerprint density at radius 3 is 2.58 bits per heavy atom. The first-order valence-corrected chi connectivity index (χ1v) is 6.94. The van der Waals surface area contributed by atoms with E-state index in [9.17, 15) is 9.59 Å². The first-order chi connectivity index (χ1) is 8.88. The van der Waals surface area contributed by atoms with E-state index < -0.39 is 12.0 Å². The molecule has 1 aromatic rings. The highest BCUT2D eigenvalue weighted by Gasteiger charge is 2.20. The number of carbonyl (C=O) groups is 2.